The fourth-order valence-electron chi connectivity index (χ4n) is 1.66. The van der Waals surface area contributed by atoms with Crippen molar-refractivity contribution in [2.24, 2.45) is 0 Å². The topological polar surface area (TPSA) is 100 Å². The second-order valence-corrected chi connectivity index (χ2v) is 7.43. The summed E-state index contributed by atoms with van der Waals surface area (Å²) in [5.74, 6) is -0.659. The number of hydrogen-bond acceptors (Lipinski definition) is 7. The van der Waals surface area contributed by atoms with Crippen LogP contribution in [0.15, 0.2) is 0 Å². The highest BCUT2D eigenvalue weighted by molar-refractivity contribution is 7.91. The molecule has 0 fully saturated rings. The predicted octanol–water partition coefficient (Wildman–Crippen LogP) is 0.0768. The van der Waals surface area contributed by atoms with Gasteiger partial charge in [-0.3, -0.25) is 0 Å². The maximum atomic E-state index is 11.8. The van der Waals surface area contributed by atoms with Crippen LogP contribution in [0, 0.1) is 0 Å². The maximum Gasteiger partial charge on any atom is 0.360 e. The van der Waals surface area contributed by atoms with Crippen LogP contribution in [0.25, 0.3) is 0 Å². The summed E-state index contributed by atoms with van der Waals surface area (Å²) in [5.41, 5.74) is 0.610. The summed E-state index contributed by atoms with van der Waals surface area (Å²) in [4.78, 5) is 11.6. The van der Waals surface area contributed by atoms with Gasteiger partial charge in [0.2, 0.25) is 0 Å². The lowest BCUT2D eigenvalue weighted by Crippen LogP contribution is -2.23. The third kappa shape index (κ3) is 4.50. The fourth-order valence-corrected chi connectivity index (χ4v) is 2.56. The van der Waals surface area contributed by atoms with E-state index in [2.05, 4.69) is 15.0 Å². The van der Waals surface area contributed by atoms with Crippen LogP contribution in [-0.4, -0.2) is 61.2 Å². The Morgan fingerprint density at radius 3 is 2.52 bits per heavy atom. The highest BCUT2D eigenvalue weighted by atomic mass is 32.2. The number of carbonyl (C=O) groups excluding carboxylic acids is 1. The molecular weight excluding hydrogens is 298 g/mol. The van der Waals surface area contributed by atoms with Gasteiger partial charge in [-0.25, -0.2) is 17.9 Å². The lowest BCUT2D eigenvalue weighted by atomic mass is 10.2. The Morgan fingerprint density at radius 2 is 2.00 bits per heavy atom. The Kier molecular flexibility index (Phi) is 6.28. The van der Waals surface area contributed by atoms with E-state index in [1.54, 1.807) is 13.8 Å². The van der Waals surface area contributed by atoms with Gasteiger partial charge in [0.05, 0.1) is 37.0 Å². The molecule has 120 valence electrons. The van der Waals surface area contributed by atoms with Crippen molar-refractivity contribution < 1.29 is 22.7 Å². The van der Waals surface area contributed by atoms with E-state index in [0.717, 1.165) is 0 Å². The molecule has 0 unspecified atom stereocenters. The van der Waals surface area contributed by atoms with Crippen molar-refractivity contribution in [1.82, 2.24) is 15.0 Å². The van der Waals surface area contributed by atoms with E-state index < -0.39 is 21.1 Å². The Morgan fingerprint density at radius 1 is 1.33 bits per heavy atom. The van der Waals surface area contributed by atoms with Crippen molar-refractivity contribution in [3.63, 3.8) is 0 Å². The summed E-state index contributed by atoms with van der Waals surface area (Å²) < 4.78 is 34.7. The molecule has 0 aliphatic carbocycles. The van der Waals surface area contributed by atoms with E-state index in [9.17, 15) is 13.2 Å². The standard InChI is InChI=1S/C12H21N3O5S/c1-9(2)21(17,18)8-6-15-10(5-7-19-3)11(13-14-15)12(16)20-4/h9H,5-8H2,1-4H3. The van der Waals surface area contributed by atoms with Gasteiger partial charge in [-0.05, 0) is 13.8 Å². The van der Waals surface area contributed by atoms with Gasteiger partial charge in [-0.15, -0.1) is 5.10 Å². The first-order valence-corrected chi connectivity index (χ1v) is 8.26. The second-order valence-electron chi connectivity index (χ2n) is 4.76. The zero-order valence-corrected chi connectivity index (χ0v) is 13.5. The van der Waals surface area contributed by atoms with Gasteiger partial charge in [0.15, 0.2) is 15.5 Å². The number of methoxy groups -OCH3 is 2. The SMILES string of the molecule is COCCc1c(C(=O)OC)nnn1CCS(=O)(=O)C(C)C. The number of aromatic nitrogens is 3. The molecule has 1 aromatic heterocycles. The van der Waals surface area contributed by atoms with Crippen LogP contribution >= 0.6 is 0 Å². The van der Waals surface area contributed by atoms with Crippen molar-refractivity contribution in [1.29, 1.82) is 0 Å². The lowest BCUT2D eigenvalue weighted by molar-refractivity contribution is 0.0592. The summed E-state index contributed by atoms with van der Waals surface area (Å²) in [7, 11) is -0.395. The van der Waals surface area contributed by atoms with E-state index in [1.807, 2.05) is 0 Å². The summed E-state index contributed by atoms with van der Waals surface area (Å²) in [6, 6.07) is 0. The summed E-state index contributed by atoms with van der Waals surface area (Å²) in [6.07, 6.45) is 0.398. The van der Waals surface area contributed by atoms with Crippen molar-refractivity contribution in [2.45, 2.75) is 32.1 Å². The smallest absolute Gasteiger partial charge is 0.360 e. The Labute approximate surface area is 124 Å². The molecule has 0 aromatic carbocycles. The fraction of sp³-hybridized carbons (Fsp3) is 0.750. The molecule has 1 rings (SSSR count). The molecule has 1 aromatic rings. The summed E-state index contributed by atoms with van der Waals surface area (Å²) >= 11 is 0. The lowest BCUT2D eigenvalue weighted by Gasteiger charge is -2.10. The molecule has 1 heterocycles. The van der Waals surface area contributed by atoms with Crippen molar-refractivity contribution >= 4 is 15.8 Å². The number of esters is 1. The molecular formula is C12H21N3O5S. The van der Waals surface area contributed by atoms with Crippen LogP contribution in [-0.2, 0) is 32.3 Å². The van der Waals surface area contributed by atoms with Gasteiger partial charge < -0.3 is 9.47 Å². The molecule has 0 saturated carbocycles. The monoisotopic (exact) mass is 319 g/mol. The van der Waals surface area contributed by atoms with Crippen molar-refractivity contribution in [2.75, 3.05) is 26.6 Å². The molecule has 0 saturated heterocycles. The van der Waals surface area contributed by atoms with E-state index in [1.165, 1.54) is 18.9 Å². The van der Waals surface area contributed by atoms with Gasteiger partial charge in [0, 0.05) is 13.5 Å². The largest absolute Gasteiger partial charge is 0.464 e. The first kappa shape index (κ1) is 17.6. The van der Waals surface area contributed by atoms with Crippen LogP contribution in [0.3, 0.4) is 0 Å². The Balaban J connectivity index is 2.96. The molecule has 21 heavy (non-hydrogen) atoms. The number of carbonyl (C=O) groups is 1. The molecule has 0 radical (unpaired) electrons. The number of aryl methyl sites for hydroxylation is 1. The number of nitrogens with zero attached hydrogens (tertiary/aromatic N) is 3. The molecule has 0 amide bonds. The summed E-state index contributed by atoms with van der Waals surface area (Å²) in [6.45, 7) is 3.77. The Hall–Kier alpha value is -1.48. The Bertz CT molecular complexity index is 580. The number of hydrogen-bond donors (Lipinski definition) is 0. The molecule has 9 heteroatoms. The average molecular weight is 319 g/mol. The molecule has 0 bridgehead atoms. The normalized spacial score (nSPS) is 11.9. The molecule has 0 aliphatic heterocycles. The average Bonchev–Trinajstić information content (AvgIpc) is 2.84. The zero-order valence-electron chi connectivity index (χ0n) is 12.7. The van der Waals surface area contributed by atoms with Gasteiger partial charge in [0.1, 0.15) is 0 Å². The predicted molar refractivity (Wildman–Crippen MR) is 75.9 cm³/mol. The van der Waals surface area contributed by atoms with E-state index in [0.29, 0.717) is 18.7 Å². The van der Waals surface area contributed by atoms with E-state index in [-0.39, 0.29) is 18.0 Å². The van der Waals surface area contributed by atoms with Gasteiger partial charge >= 0.3 is 5.97 Å². The van der Waals surface area contributed by atoms with E-state index in [4.69, 9.17) is 4.74 Å². The second kappa shape index (κ2) is 7.51. The first-order valence-electron chi connectivity index (χ1n) is 6.54. The summed E-state index contributed by atoms with van der Waals surface area (Å²) in [5, 5.41) is 7.16. The highest BCUT2D eigenvalue weighted by Crippen LogP contribution is 2.10. The minimum absolute atomic E-state index is 0.0609. The third-order valence-electron chi connectivity index (χ3n) is 3.07. The molecule has 0 aliphatic rings. The minimum atomic E-state index is -3.19. The van der Waals surface area contributed by atoms with Crippen LogP contribution in [0.2, 0.25) is 0 Å². The molecule has 0 N–H and O–H groups in total. The molecule has 8 nitrogen and oxygen atoms in total. The highest BCUT2D eigenvalue weighted by Gasteiger charge is 2.22. The van der Waals surface area contributed by atoms with Crippen molar-refractivity contribution in [3.05, 3.63) is 11.4 Å². The van der Waals surface area contributed by atoms with Crippen LogP contribution in [0.1, 0.15) is 30.0 Å². The van der Waals surface area contributed by atoms with Crippen molar-refractivity contribution in [3.8, 4) is 0 Å². The molecule has 0 atom stereocenters. The quantitative estimate of drug-likeness (QED) is 0.625. The van der Waals surface area contributed by atoms with Crippen LogP contribution < -0.4 is 0 Å². The number of rotatable bonds is 8. The van der Waals surface area contributed by atoms with Gasteiger partial charge in [-0.1, -0.05) is 5.21 Å². The van der Waals surface area contributed by atoms with Crippen LogP contribution in [0.5, 0.6) is 0 Å². The maximum absolute atomic E-state index is 11.8. The van der Waals surface area contributed by atoms with Gasteiger partial charge in [0.25, 0.3) is 0 Å². The van der Waals surface area contributed by atoms with Gasteiger partial charge in [-0.2, -0.15) is 0 Å². The minimum Gasteiger partial charge on any atom is -0.464 e. The first-order chi connectivity index (χ1) is 9.83. The number of ether oxygens (including phenoxy) is 2. The zero-order chi connectivity index (χ0) is 16.0. The third-order valence-corrected chi connectivity index (χ3v) is 5.25. The number of sulfone groups is 1. The van der Waals surface area contributed by atoms with Crippen LogP contribution in [0.4, 0.5) is 0 Å². The molecule has 0 spiro atoms. The van der Waals surface area contributed by atoms with E-state index >= 15 is 0 Å².